The summed E-state index contributed by atoms with van der Waals surface area (Å²) in [5, 5.41) is 1.54. The van der Waals surface area contributed by atoms with Gasteiger partial charge in [0.2, 0.25) is 0 Å². The summed E-state index contributed by atoms with van der Waals surface area (Å²) in [5.41, 5.74) is 7.80. The Balaban J connectivity index is 0.000000630. The van der Waals surface area contributed by atoms with Gasteiger partial charge in [0.15, 0.2) is 0 Å². The van der Waals surface area contributed by atoms with Crippen LogP contribution in [0, 0.1) is 13.5 Å². The second-order valence-electron chi connectivity index (χ2n) is 14.1. The van der Waals surface area contributed by atoms with Gasteiger partial charge in [-0.05, 0) is 18.4 Å². The van der Waals surface area contributed by atoms with Crippen LogP contribution in [-0.4, -0.2) is 5.54 Å². The summed E-state index contributed by atoms with van der Waals surface area (Å²) < 4.78 is 0. The van der Waals surface area contributed by atoms with Crippen LogP contribution in [0.2, 0.25) is 0 Å². The van der Waals surface area contributed by atoms with Crippen LogP contribution in [0.5, 0.6) is 0 Å². The zero-order valence-corrected chi connectivity index (χ0v) is 29.3. The molecule has 0 atom stereocenters. The van der Waals surface area contributed by atoms with Crippen LogP contribution in [0.1, 0.15) is 131 Å². The molecular formula is C33H53NOsP+. The van der Waals surface area contributed by atoms with Gasteiger partial charge in [-0.1, -0.05) is 48.5 Å². The maximum atomic E-state index is 4.93. The molecule has 3 heteroatoms. The van der Waals surface area contributed by atoms with Crippen molar-refractivity contribution in [3.05, 3.63) is 69.1 Å². The first kappa shape index (κ1) is 34.9. The molecule has 2 aromatic carbocycles. The fraction of sp³-hybridized carbons (Fsp3) is 0.606. The molecule has 36 heavy (non-hydrogen) atoms. The standard InChI is InChI=1S/C18H29P.C10H14.C5H10N.Os/c1-16(2,3)12-10-13(17(4,5)6)15(19)14(11-12)18(7,8)9;1-8(2)10-6-4-9(3)5-7-10;1-5(2,3)6-4;/h10-11H,1-9H3;4-8H,1-3H3;4H,1-3H3;/q;;+1;. The van der Waals surface area contributed by atoms with E-state index in [1.807, 2.05) is 38.4 Å². The molecule has 0 N–H and O–H groups in total. The quantitative estimate of drug-likeness (QED) is 0.277. The zero-order chi connectivity index (χ0) is 28.7. The summed E-state index contributed by atoms with van der Waals surface area (Å²) in [5.74, 6) is 0.653. The topological polar surface area (TPSA) is 4.36 Å². The molecule has 0 aliphatic heterocycles. The Morgan fingerprint density at radius 1 is 0.722 bits per heavy atom. The molecule has 2 rings (SSSR count). The molecule has 2 aromatic rings. The first-order valence-electron chi connectivity index (χ1n) is 13.0. The number of rotatable bonds is 2. The molecule has 0 radical (unpaired) electrons. The fourth-order valence-electron chi connectivity index (χ4n) is 3.25. The van der Waals surface area contributed by atoms with Crippen LogP contribution in [-0.2, 0) is 33.9 Å². The van der Waals surface area contributed by atoms with Crippen molar-refractivity contribution in [3.8, 4) is 6.57 Å². The van der Waals surface area contributed by atoms with Gasteiger partial charge < -0.3 is 0 Å². The number of nitrogens with zero attached hydrogens (tertiary/aromatic N) is 1. The zero-order valence-electron chi connectivity index (χ0n) is 25.9. The Kier molecular flexibility index (Phi) is 13.2. The Morgan fingerprint density at radius 3 is 1.31 bits per heavy atom. The summed E-state index contributed by atoms with van der Waals surface area (Å²) in [7, 11) is 0. The number of hydrogen-bond acceptors (Lipinski definition) is 0. The van der Waals surface area contributed by atoms with Crippen molar-refractivity contribution in [2.75, 3.05) is 0 Å². The Bertz CT molecular complexity index is 977. The largest absolute Gasteiger partial charge is 0.0590 e. The van der Waals surface area contributed by atoms with E-state index in [1.54, 1.807) is 0 Å². The molecule has 0 aromatic heterocycles. The molecule has 0 spiro atoms. The summed E-state index contributed by atoms with van der Waals surface area (Å²) in [6.45, 7) is 38.3. The minimum atomic E-state index is -0.0556. The van der Waals surface area contributed by atoms with Crippen molar-refractivity contribution in [1.29, 1.82) is 0 Å². The second-order valence-corrected chi connectivity index (χ2v) is 16.4. The fourth-order valence-corrected chi connectivity index (χ4v) is 6.05. The first-order valence-corrected chi connectivity index (χ1v) is 17.2. The van der Waals surface area contributed by atoms with Gasteiger partial charge in [-0.25, -0.2) is 0 Å². The number of hydrogen-bond donors (Lipinski definition) is 0. The van der Waals surface area contributed by atoms with Crippen LogP contribution in [0.3, 0.4) is 0 Å². The van der Waals surface area contributed by atoms with Crippen LogP contribution < -0.4 is 5.30 Å². The van der Waals surface area contributed by atoms with Crippen molar-refractivity contribution >= 4 is 11.7 Å². The summed E-state index contributed by atoms with van der Waals surface area (Å²) in [6.07, 6.45) is 1.40. The molecule has 0 heterocycles. The van der Waals surface area contributed by atoms with Gasteiger partial charge in [0.25, 0.3) is 12.1 Å². The molecule has 0 bridgehead atoms. The van der Waals surface area contributed by atoms with Crippen LogP contribution in [0.25, 0.3) is 4.85 Å². The average molecular weight is 685 g/mol. The molecule has 0 amide bonds. The van der Waals surface area contributed by atoms with E-state index in [2.05, 4.69) is 124 Å². The van der Waals surface area contributed by atoms with Gasteiger partial charge >= 0.3 is 137 Å². The maximum Gasteiger partial charge on any atom is -0.0219 e. The van der Waals surface area contributed by atoms with Gasteiger partial charge in [-0.15, -0.1) is 0 Å². The van der Waals surface area contributed by atoms with Crippen molar-refractivity contribution in [2.45, 2.75) is 132 Å². The molecule has 0 fully saturated rings. The third-order valence-electron chi connectivity index (χ3n) is 5.80. The van der Waals surface area contributed by atoms with Gasteiger partial charge in [0, 0.05) is 20.8 Å². The Hall–Kier alpha value is -1.13. The third kappa shape index (κ3) is 12.4. The molecule has 0 saturated carbocycles. The van der Waals surface area contributed by atoms with E-state index in [0.29, 0.717) is 5.92 Å². The SMILES string of the molecule is C#[N+]C(C)(C)C.CC(C)(C)c1cc(C(C)(C)C)c([P]=[Os])c(C(C)(C)C)c1.Cc1ccc(C(C)C)cc1. The van der Waals surface area contributed by atoms with E-state index in [9.17, 15) is 0 Å². The predicted octanol–water partition coefficient (Wildman–Crippen LogP) is 10.5. The molecule has 0 saturated heterocycles. The van der Waals surface area contributed by atoms with E-state index in [4.69, 9.17) is 6.57 Å². The molecule has 0 aliphatic rings. The monoisotopic (exact) mass is 686 g/mol. The number of aryl methyl sites for hydroxylation is 1. The van der Waals surface area contributed by atoms with Gasteiger partial charge in [0.1, 0.15) is 0 Å². The number of benzene rings is 2. The molecular weight excluding hydrogens is 632 g/mol. The predicted molar refractivity (Wildman–Crippen MR) is 162 cm³/mol. The molecule has 0 unspecified atom stereocenters. The third-order valence-corrected chi connectivity index (χ3v) is 8.15. The summed E-state index contributed by atoms with van der Waals surface area (Å²) >= 11 is 2.05. The van der Waals surface area contributed by atoms with E-state index in [0.717, 1.165) is 0 Å². The van der Waals surface area contributed by atoms with Crippen molar-refractivity contribution in [3.63, 3.8) is 0 Å². The minimum absolute atomic E-state index is 0.0556. The molecule has 202 valence electrons. The van der Waals surface area contributed by atoms with Gasteiger partial charge in [-0.2, -0.15) is 0 Å². The van der Waals surface area contributed by atoms with E-state index in [1.165, 1.54) is 39.5 Å². The average Bonchev–Trinajstić information content (AvgIpc) is 2.71. The normalized spacial score (nSPS) is 12.3. The van der Waals surface area contributed by atoms with Crippen molar-refractivity contribution < 1.29 is 17.6 Å². The van der Waals surface area contributed by atoms with Gasteiger partial charge in [-0.3, -0.25) is 0 Å². The summed E-state index contributed by atoms with van der Waals surface area (Å²) in [4.78, 5) is 3.52. The minimum Gasteiger partial charge on any atom is -0.0590 e. The van der Waals surface area contributed by atoms with Crippen LogP contribution >= 0.6 is 6.41 Å². The second kappa shape index (κ2) is 13.6. The van der Waals surface area contributed by atoms with Crippen LogP contribution in [0.15, 0.2) is 36.4 Å². The van der Waals surface area contributed by atoms with Crippen molar-refractivity contribution in [1.82, 2.24) is 0 Å². The van der Waals surface area contributed by atoms with E-state index in [-0.39, 0.29) is 21.8 Å². The van der Waals surface area contributed by atoms with Crippen LogP contribution in [0.4, 0.5) is 0 Å². The van der Waals surface area contributed by atoms with Crippen molar-refractivity contribution in [2.24, 2.45) is 0 Å². The Labute approximate surface area is 235 Å². The van der Waals surface area contributed by atoms with E-state index < -0.39 is 0 Å². The van der Waals surface area contributed by atoms with E-state index >= 15 is 0 Å². The Morgan fingerprint density at radius 2 is 1.08 bits per heavy atom. The smallest absolute Gasteiger partial charge is 0.0219 e. The molecule has 1 nitrogen and oxygen atoms in total. The first-order chi connectivity index (χ1) is 16.0. The summed E-state index contributed by atoms with van der Waals surface area (Å²) in [6, 6.07) is 13.6. The molecule has 0 aliphatic carbocycles. The maximum absolute atomic E-state index is 4.93. The van der Waals surface area contributed by atoms with Gasteiger partial charge in [0.05, 0.1) is 0 Å².